The number of carbonyl (C=O) groups excluding carboxylic acids is 1. The number of nitrogen functional groups attached to an aromatic ring is 1. The van der Waals surface area contributed by atoms with Gasteiger partial charge in [-0.25, -0.2) is 14.8 Å². The highest BCUT2D eigenvalue weighted by molar-refractivity contribution is 6.13. The standard InChI is InChI=1S/C25H28N8O3/c1-15-7-30-31-16(2)20(15)10-36-18-4-5-21(26)19(6-18)22(27)17-8-28-23(29-9-17)32-11-25(12-32)13-33(14-25)24(34)35-3/h4-9,27H,10-14,26H2,1-3H3. The van der Waals surface area contributed by atoms with Gasteiger partial charge in [-0.15, -0.1) is 0 Å². The normalized spacial score (nSPS) is 15.8. The first-order valence-corrected chi connectivity index (χ1v) is 11.6. The first-order valence-electron chi connectivity index (χ1n) is 11.6. The molecule has 186 valence electrons. The van der Waals surface area contributed by atoms with Gasteiger partial charge in [0.1, 0.15) is 12.4 Å². The molecule has 0 atom stereocenters. The van der Waals surface area contributed by atoms with Crippen LogP contribution in [0.25, 0.3) is 0 Å². The second-order valence-corrected chi connectivity index (χ2v) is 9.46. The van der Waals surface area contributed by atoms with E-state index in [2.05, 4.69) is 25.1 Å². The maximum atomic E-state index is 11.6. The summed E-state index contributed by atoms with van der Waals surface area (Å²) in [7, 11) is 1.40. The summed E-state index contributed by atoms with van der Waals surface area (Å²) < 4.78 is 10.7. The molecule has 0 bridgehead atoms. The molecule has 11 nitrogen and oxygen atoms in total. The summed E-state index contributed by atoms with van der Waals surface area (Å²) in [5.74, 6) is 1.21. The van der Waals surface area contributed by atoms with Crippen molar-refractivity contribution in [1.82, 2.24) is 25.1 Å². The lowest BCUT2D eigenvalue weighted by Crippen LogP contribution is -2.73. The van der Waals surface area contributed by atoms with Crippen molar-refractivity contribution in [2.75, 3.05) is 43.9 Å². The van der Waals surface area contributed by atoms with Gasteiger partial charge in [-0.3, -0.25) is 5.41 Å². The van der Waals surface area contributed by atoms with Gasteiger partial charge >= 0.3 is 6.09 Å². The Kier molecular flexibility index (Phi) is 5.91. The van der Waals surface area contributed by atoms with Crippen molar-refractivity contribution in [3.63, 3.8) is 0 Å². The summed E-state index contributed by atoms with van der Waals surface area (Å²) >= 11 is 0. The molecule has 3 aromatic rings. The first-order chi connectivity index (χ1) is 17.3. The van der Waals surface area contributed by atoms with Gasteiger partial charge in [-0.05, 0) is 37.6 Å². The van der Waals surface area contributed by atoms with Gasteiger partial charge in [-0.2, -0.15) is 10.2 Å². The fourth-order valence-corrected chi connectivity index (χ4v) is 4.74. The van der Waals surface area contributed by atoms with Gasteiger partial charge in [0.25, 0.3) is 0 Å². The highest BCUT2D eigenvalue weighted by Crippen LogP contribution is 2.41. The second kappa shape index (κ2) is 9.06. The summed E-state index contributed by atoms with van der Waals surface area (Å²) in [5.41, 5.74) is 10.9. The third-order valence-corrected chi connectivity index (χ3v) is 6.80. The summed E-state index contributed by atoms with van der Waals surface area (Å²) in [4.78, 5) is 24.3. The topological polar surface area (TPSA) is 143 Å². The zero-order valence-corrected chi connectivity index (χ0v) is 20.5. The Bertz CT molecular complexity index is 1290. The van der Waals surface area contributed by atoms with Crippen LogP contribution in [0.3, 0.4) is 0 Å². The molecule has 11 heteroatoms. The average molecular weight is 489 g/mol. The van der Waals surface area contributed by atoms with E-state index in [-0.39, 0.29) is 17.2 Å². The fourth-order valence-electron chi connectivity index (χ4n) is 4.74. The number of likely N-dealkylation sites (tertiary alicyclic amines) is 1. The van der Waals surface area contributed by atoms with Crippen molar-refractivity contribution in [2.45, 2.75) is 20.5 Å². The number of carbonyl (C=O) groups is 1. The quantitative estimate of drug-likeness (QED) is 0.395. The van der Waals surface area contributed by atoms with E-state index in [0.717, 1.165) is 29.9 Å². The lowest BCUT2D eigenvalue weighted by atomic mass is 9.73. The maximum Gasteiger partial charge on any atom is 0.409 e. The number of ether oxygens (including phenoxy) is 2. The van der Waals surface area contributed by atoms with Gasteiger partial charge in [0.2, 0.25) is 5.95 Å². The minimum absolute atomic E-state index is 0.0984. The number of anilines is 2. The fraction of sp³-hybridized carbons (Fsp3) is 0.360. The number of hydrogen-bond acceptors (Lipinski definition) is 10. The van der Waals surface area contributed by atoms with Crippen LogP contribution in [0.4, 0.5) is 16.4 Å². The molecule has 2 aliphatic heterocycles. The highest BCUT2D eigenvalue weighted by Gasteiger charge is 2.54. The number of methoxy groups -OCH3 is 1. The molecule has 2 aromatic heterocycles. The molecule has 2 aliphatic rings. The van der Waals surface area contributed by atoms with E-state index in [0.29, 0.717) is 48.2 Å². The van der Waals surface area contributed by atoms with Crippen molar-refractivity contribution in [2.24, 2.45) is 5.41 Å². The smallest absolute Gasteiger partial charge is 0.409 e. The molecule has 1 aromatic carbocycles. The van der Waals surface area contributed by atoms with Gasteiger partial charge < -0.3 is 25.0 Å². The van der Waals surface area contributed by atoms with Gasteiger partial charge in [0.05, 0.1) is 24.7 Å². The van der Waals surface area contributed by atoms with Crippen LogP contribution >= 0.6 is 0 Å². The molecule has 1 spiro atoms. The highest BCUT2D eigenvalue weighted by atomic mass is 16.5. The first kappa shape index (κ1) is 23.5. The van der Waals surface area contributed by atoms with Crippen molar-refractivity contribution in [3.05, 3.63) is 64.7 Å². The van der Waals surface area contributed by atoms with Crippen molar-refractivity contribution in [1.29, 1.82) is 5.41 Å². The Labute approximate surface area is 208 Å². The van der Waals surface area contributed by atoms with Crippen LogP contribution in [0.2, 0.25) is 0 Å². The molecular formula is C25H28N8O3. The SMILES string of the molecule is COC(=O)N1CC2(C1)CN(c1ncc(C(=N)c3cc(OCc4c(C)cnnc4C)ccc3N)cn1)C2. The molecule has 3 N–H and O–H groups in total. The zero-order valence-electron chi connectivity index (χ0n) is 20.5. The lowest BCUT2D eigenvalue weighted by molar-refractivity contribution is -0.0156. The number of hydrogen-bond donors (Lipinski definition) is 2. The summed E-state index contributed by atoms with van der Waals surface area (Å²) in [6, 6.07) is 5.27. The zero-order chi connectivity index (χ0) is 25.4. The number of aryl methyl sites for hydroxylation is 2. The molecule has 0 unspecified atom stereocenters. The third-order valence-electron chi connectivity index (χ3n) is 6.80. The minimum Gasteiger partial charge on any atom is -0.489 e. The van der Waals surface area contributed by atoms with E-state index in [4.69, 9.17) is 20.6 Å². The molecule has 4 heterocycles. The van der Waals surface area contributed by atoms with Crippen molar-refractivity contribution < 1.29 is 14.3 Å². The van der Waals surface area contributed by atoms with E-state index in [1.807, 2.05) is 13.8 Å². The van der Waals surface area contributed by atoms with Crippen LogP contribution in [0.5, 0.6) is 5.75 Å². The molecule has 0 aliphatic carbocycles. The summed E-state index contributed by atoms with van der Waals surface area (Å²) in [6.45, 7) is 7.16. The van der Waals surface area contributed by atoms with Crippen LogP contribution in [0.15, 0.2) is 36.8 Å². The van der Waals surface area contributed by atoms with E-state index < -0.39 is 0 Å². The number of nitrogens with two attached hydrogens (primary N) is 1. The monoisotopic (exact) mass is 488 g/mol. The lowest BCUT2D eigenvalue weighted by Gasteiger charge is -2.59. The van der Waals surface area contributed by atoms with Gasteiger partial charge in [0.15, 0.2) is 0 Å². The van der Waals surface area contributed by atoms with E-state index in [1.165, 1.54) is 7.11 Å². The summed E-state index contributed by atoms with van der Waals surface area (Å²) in [5, 5.41) is 16.7. The molecule has 2 saturated heterocycles. The predicted molar refractivity (Wildman–Crippen MR) is 133 cm³/mol. The van der Waals surface area contributed by atoms with Crippen LogP contribution in [-0.4, -0.2) is 70.2 Å². The molecular weight excluding hydrogens is 460 g/mol. The Morgan fingerprint density at radius 3 is 2.53 bits per heavy atom. The van der Waals surface area contributed by atoms with Gasteiger partial charge in [0, 0.05) is 66.4 Å². The Morgan fingerprint density at radius 1 is 1.14 bits per heavy atom. The van der Waals surface area contributed by atoms with Gasteiger partial charge in [-0.1, -0.05) is 0 Å². The van der Waals surface area contributed by atoms with Crippen molar-refractivity contribution >= 4 is 23.4 Å². The number of amides is 1. The van der Waals surface area contributed by atoms with Crippen LogP contribution in [0, 0.1) is 24.7 Å². The second-order valence-electron chi connectivity index (χ2n) is 9.46. The molecule has 0 saturated carbocycles. The van der Waals surface area contributed by atoms with Crippen LogP contribution in [-0.2, 0) is 11.3 Å². The summed E-state index contributed by atoms with van der Waals surface area (Å²) in [6.07, 6.45) is 4.70. The number of aromatic nitrogens is 4. The minimum atomic E-state index is -0.286. The van der Waals surface area contributed by atoms with E-state index in [9.17, 15) is 4.79 Å². The molecule has 0 radical (unpaired) electrons. The third kappa shape index (κ3) is 4.28. The Balaban J connectivity index is 1.23. The number of benzene rings is 1. The van der Waals surface area contributed by atoms with Crippen LogP contribution in [0.1, 0.15) is 27.9 Å². The largest absolute Gasteiger partial charge is 0.489 e. The number of rotatable bonds is 6. The molecule has 5 rings (SSSR count). The Hall–Kier alpha value is -4.28. The maximum absolute atomic E-state index is 11.6. The number of nitrogens with zero attached hydrogens (tertiary/aromatic N) is 6. The van der Waals surface area contributed by atoms with Crippen LogP contribution < -0.4 is 15.4 Å². The molecule has 36 heavy (non-hydrogen) atoms. The molecule has 1 amide bonds. The van der Waals surface area contributed by atoms with E-state index >= 15 is 0 Å². The number of nitrogens with one attached hydrogen (secondary N) is 1. The Morgan fingerprint density at radius 2 is 1.86 bits per heavy atom. The van der Waals surface area contributed by atoms with Crippen molar-refractivity contribution in [3.8, 4) is 5.75 Å². The van der Waals surface area contributed by atoms with E-state index in [1.54, 1.807) is 41.7 Å². The average Bonchev–Trinajstić information content (AvgIpc) is 2.82. The predicted octanol–water partition coefficient (Wildman–Crippen LogP) is 2.35. The molecule has 2 fully saturated rings.